The second-order valence-corrected chi connectivity index (χ2v) is 12.4. The molecule has 0 fully saturated rings. The summed E-state index contributed by atoms with van der Waals surface area (Å²) < 4.78 is 17.7. The molecule has 0 saturated heterocycles. The lowest BCUT2D eigenvalue weighted by molar-refractivity contribution is -0.883. The van der Waals surface area contributed by atoms with E-state index in [1.807, 2.05) is 27.9 Å². The smallest absolute Gasteiger partial charge is 0.359 e. The minimum absolute atomic E-state index is 0.00911. The molecule has 0 aromatic carbocycles. The van der Waals surface area contributed by atoms with E-state index in [-0.39, 0.29) is 30.8 Å². The summed E-state index contributed by atoms with van der Waals surface area (Å²) >= 11 is 0. The van der Waals surface area contributed by atoms with Crippen LogP contribution in [-0.2, 0) is 23.8 Å². The Kier molecular flexibility index (Phi) is 24.5. The molecule has 0 spiro atoms. The fourth-order valence-electron chi connectivity index (χ4n) is 5.02. The van der Waals surface area contributed by atoms with Gasteiger partial charge in [-0.25, -0.2) is 4.79 Å². The van der Waals surface area contributed by atoms with Crippen LogP contribution in [0.25, 0.3) is 0 Å². The number of aliphatic hydroxyl groups is 1. The van der Waals surface area contributed by atoms with Gasteiger partial charge in [0.05, 0.1) is 58.3 Å². The molecule has 0 heterocycles. The SMILES string of the molecule is CCCCCCCCC(O)C(CCCCCCCC(=O)NCCC[N+](C)(C)CC(=O)O)OC(C)COC(C)COC. The number of aliphatic carboxylic acids is 1. The molecule has 41 heavy (non-hydrogen) atoms. The first-order chi connectivity index (χ1) is 19.5. The third kappa shape index (κ3) is 25.0. The Labute approximate surface area is 251 Å². The number of nitrogens with zero attached hydrogens (tertiary/aromatic N) is 1. The van der Waals surface area contributed by atoms with Gasteiger partial charge < -0.3 is 34.2 Å². The van der Waals surface area contributed by atoms with Gasteiger partial charge >= 0.3 is 5.97 Å². The van der Waals surface area contributed by atoms with Gasteiger partial charge in [-0.15, -0.1) is 0 Å². The molecule has 4 atom stereocenters. The summed E-state index contributed by atoms with van der Waals surface area (Å²) in [5.41, 5.74) is 0. The van der Waals surface area contributed by atoms with Crippen molar-refractivity contribution in [2.24, 2.45) is 0 Å². The van der Waals surface area contributed by atoms with E-state index in [0.717, 1.165) is 64.2 Å². The molecule has 1 amide bonds. The van der Waals surface area contributed by atoms with E-state index in [0.29, 0.717) is 37.2 Å². The number of unbranched alkanes of at least 4 members (excludes halogenated alkanes) is 9. The Hall–Kier alpha value is -1.26. The van der Waals surface area contributed by atoms with Crippen molar-refractivity contribution < 1.29 is 38.5 Å². The molecule has 4 unspecified atom stereocenters. The topological polar surface area (TPSA) is 114 Å². The van der Waals surface area contributed by atoms with Gasteiger partial charge in [-0.05, 0) is 33.1 Å². The maximum Gasteiger partial charge on any atom is 0.359 e. The molecule has 0 aliphatic carbocycles. The van der Waals surface area contributed by atoms with Crippen LogP contribution >= 0.6 is 0 Å². The Bertz CT molecular complexity index is 648. The fraction of sp³-hybridized carbons (Fsp3) is 0.938. The van der Waals surface area contributed by atoms with Crippen LogP contribution in [0.5, 0.6) is 0 Å². The normalized spacial score (nSPS) is 14.9. The predicted octanol–water partition coefficient (Wildman–Crippen LogP) is 5.32. The summed E-state index contributed by atoms with van der Waals surface area (Å²) in [6.45, 7) is 8.61. The number of carboxylic acid groups (broad SMARTS) is 1. The fourth-order valence-corrected chi connectivity index (χ4v) is 5.02. The van der Waals surface area contributed by atoms with Crippen molar-refractivity contribution in [3.63, 3.8) is 0 Å². The minimum Gasteiger partial charge on any atom is -0.477 e. The number of amides is 1. The number of methoxy groups -OCH3 is 1. The lowest BCUT2D eigenvalue weighted by Crippen LogP contribution is -2.45. The van der Waals surface area contributed by atoms with Crippen LogP contribution < -0.4 is 5.32 Å². The van der Waals surface area contributed by atoms with Gasteiger partial charge in [-0.3, -0.25) is 4.79 Å². The minimum atomic E-state index is -0.807. The molecule has 9 nitrogen and oxygen atoms in total. The Morgan fingerprint density at radius 3 is 2.07 bits per heavy atom. The van der Waals surface area contributed by atoms with Crippen molar-refractivity contribution in [2.45, 2.75) is 141 Å². The van der Waals surface area contributed by atoms with Crippen molar-refractivity contribution >= 4 is 11.9 Å². The van der Waals surface area contributed by atoms with E-state index in [1.165, 1.54) is 25.7 Å². The molecule has 0 radical (unpaired) electrons. The van der Waals surface area contributed by atoms with Gasteiger partial charge in [0.1, 0.15) is 0 Å². The van der Waals surface area contributed by atoms with E-state index >= 15 is 0 Å². The number of carbonyl (C=O) groups excluding carboxylic acids is 1. The number of quaternary nitrogens is 1. The van der Waals surface area contributed by atoms with Gasteiger partial charge in [0.2, 0.25) is 5.91 Å². The molecule has 0 rings (SSSR count). The average Bonchev–Trinajstić information content (AvgIpc) is 2.90. The summed E-state index contributed by atoms with van der Waals surface area (Å²) in [5.74, 6) is -0.741. The molecule has 0 bridgehead atoms. The first-order valence-electron chi connectivity index (χ1n) is 16.2. The highest BCUT2D eigenvalue weighted by Crippen LogP contribution is 2.19. The van der Waals surface area contributed by atoms with Crippen LogP contribution in [0.15, 0.2) is 0 Å². The number of hydrogen-bond donors (Lipinski definition) is 3. The van der Waals surface area contributed by atoms with Crippen LogP contribution in [0.2, 0.25) is 0 Å². The van der Waals surface area contributed by atoms with Crippen LogP contribution in [0.3, 0.4) is 0 Å². The summed E-state index contributed by atoms with van der Waals surface area (Å²) in [6.07, 6.45) is 14.3. The van der Waals surface area contributed by atoms with Crippen molar-refractivity contribution in [3.05, 3.63) is 0 Å². The van der Waals surface area contributed by atoms with Crippen molar-refractivity contribution in [3.8, 4) is 0 Å². The van der Waals surface area contributed by atoms with Gasteiger partial charge in [-0.1, -0.05) is 71.1 Å². The third-order valence-electron chi connectivity index (χ3n) is 7.42. The van der Waals surface area contributed by atoms with E-state index < -0.39 is 12.1 Å². The summed E-state index contributed by atoms with van der Waals surface area (Å²) in [6, 6.07) is 0. The molecular weight excluding hydrogens is 524 g/mol. The lowest BCUT2D eigenvalue weighted by atomic mass is 9.99. The first-order valence-corrected chi connectivity index (χ1v) is 16.2. The van der Waals surface area contributed by atoms with Crippen molar-refractivity contribution in [2.75, 3.05) is 54.1 Å². The van der Waals surface area contributed by atoms with Gasteiger partial charge in [0, 0.05) is 26.5 Å². The molecule has 3 N–H and O–H groups in total. The second kappa shape index (κ2) is 25.3. The Morgan fingerprint density at radius 1 is 0.829 bits per heavy atom. The number of aliphatic hydroxyl groups excluding tert-OH is 1. The van der Waals surface area contributed by atoms with Gasteiger partial charge in [-0.2, -0.15) is 0 Å². The van der Waals surface area contributed by atoms with E-state index in [9.17, 15) is 14.7 Å². The van der Waals surface area contributed by atoms with E-state index in [1.54, 1.807) is 7.11 Å². The zero-order valence-corrected chi connectivity index (χ0v) is 27.3. The highest BCUT2D eigenvalue weighted by Gasteiger charge is 2.22. The monoisotopic (exact) mass is 589 g/mol. The number of rotatable bonds is 29. The first kappa shape index (κ1) is 39.7. The van der Waals surface area contributed by atoms with Gasteiger partial charge in [0.15, 0.2) is 6.54 Å². The molecule has 9 heteroatoms. The second-order valence-electron chi connectivity index (χ2n) is 12.4. The van der Waals surface area contributed by atoms with E-state index in [2.05, 4.69) is 12.2 Å². The highest BCUT2D eigenvalue weighted by atomic mass is 16.6. The molecule has 0 aliphatic heterocycles. The molecule has 0 aliphatic rings. The zero-order valence-electron chi connectivity index (χ0n) is 27.3. The number of carboxylic acids is 1. The number of likely N-dealkylation sites (N-methyl/N-ethyl adjacent to an activating group) is 1. The molecule has 244 valence electrons. The summed E-state index contributed by atoms with van der Waals surface area (Å²) in [4.78, 5) is 23.0. The average molecular weight is 590 g/mol. The highest BCUT2D eigenvalue weighted by molar-refractivity contribution is 5.75. The molecule has 0 aromatic rings. The molecular formula is C32H65N2O7+. The van der Waals surface area contributed by atoms with Crippen LogP contribution in [0, 0.1) is 0 Å². The largest absolute Gasteiger partial charge is 0.477 e. The number of carbonyl (C=O) groups is 2. The summed E-state index contributed by atoms with van der Waals surface area (Å²) in [5, 5.41) is 22.8. The predicted molar refractivity (Wildman–Crippen MR) is 165 cm³/mol. The third-order valence-corrected chi connectivity index (χ3v) is 7.42. The van der Waals surface area contributed by atoms with Crippen molar-refractivity contribution in [1.29, 1.82) is 0 Å². The Morgan fingerprint density at radius 2 is 1.44 bits per heavy atom. The van der Waals surface area contributed by atoms with E-state index in [4.69, 9.17) is 19.3 Å². The molecule has 0 aromatic heterocycles. The van der Waals surface area contributed by atoms with Crippen LogP contribution in [0.1, 0.15) is 117 Å². The molecule has 0 saturated carbocycles. The maximum absolute atomic E-state index is 12.1. The lowest BCUT2D eigenvalue weighted by Gasteiger charge is -2.27. The van der Waals surface area contributed by atoms with Crippen molar-refractivity contribution in [1.82, 2.24) is 5.32 Å². The maximum atomic E-state index is 12.1. The number of hydrogen-bond acceptors (Lipinski definition) is 6. The van der Waals surface area contributed by atoms with Gasteiger partial charge in [0.25, 0.3) is 0 Å². The standard InChI is InChI=1S/C32H64N2O7/c1-7-8-9-10-12-15-19-29(35)30(41-28(3)26-40-27(2)25-39-6)20-16-13-11-14-17-21-31(36)33-22-18-23-34(4,5)24-32(37)38/h27-30,35H,7-26H2,1-6H3,(H-,33,36,37,38)/p+1. The quantitative estimate of drug-likeness (QED) is 0.0799. The summed E-state index contributed by atoms with van der Waals surface area (Å²) in [7, 11) is 5.44. The Balaban J connectivity index is 4.28. The van der Waals surface area contributed by atoms with Crippen LogP contribution in [-0.4, -0.2) is 105 Å². The zero-order chi connectivity index (χ0) is 30.9. The number of ether oxygens (including phenoxy) is 3. The number of nitrogens with one attached hydrogen (secondary N) is 1. The van der Waals surface area contributed by atoms with Crippen LogP contribution in [0.4, 0.5) is 0 Å².